The van der Waals surface area contributed by atoms with Crippen LogP contribution in [0.5, 0.6) is 0 Å². The first kappa shape index (κ1) is 19.4. The molecule has 4 heteroatoms. The molecule has 0 aliphatic rings. The average molecular weight is 286 g/mol. The Bertz CT molecular complexity index is 272. The zero-order valence-corrected chi connectivity index (χ0v) is 13.9. The summed E-state index contributed by atoms with van der Waals surface area (Å²) in [4.78, 5) is 12.0. The minimum atomic E-state index is -0.120. The predicted octanol–water partition coefficient (Wildman–Crippen LogP) is 2.30. The Hall–Kier alpha value is -0.610. The Balaban J connectivity index is 4.24. The lowest BCUT2D eigenvalue weighted by Gasteiger charge is -2.30. The third-order valence-electron chi connectivity index (χ3n) is 3.80. The van der Waals surface area contributed by atoms with E-state index in [9.17, 15) is 9.90 Å². The maximum atomic E-state index is 12.0. The van der Waals surface area contributed by atoms with E-state index in [1.54, 1.807) is 0 Å². The van der Waals surface area contributed by atoms with Gasteiger partial charge in [-0.25, -0.2) is 0 Å². The number of carbonyl (C=O) groups excluding carboxylic acids is 1. The smallest absolute Gasteiger partial charge is 0.220 e. The van der Waals surface area contributed by atoms with E-state index in [4.69, 9.17) is 5.73 Å². The van der Waals surface area contributed by atoms with E-state index in [1.165, 1.54) is 0 Å². The Labute approximate surface area is 124 Å². The molecule has 0 aromatic carbocycles. The van der Waals surface area contributed by atoms with E-state index in [1.807, 2.05) is 0 Å². The van der Waals surface area contributed by atoms with Crippen LogP contribution in [0.3, 0.4) is 0 Å². The number of nitrogens with two attached hydrogens (primary N) is 1. The third kappa shape index (κ3) is 8.54. The molecule has 120 valence electrons. The van der Waals surface area contributed by atoms with E-state index < -0.39 is 0 Å². The summed E-state index contributed by atoms with van der Waals surface area (Å²) in [5.41, 5.74) is 5.83. The lowest BCUT2D eigenvalue weighted by Crippen LogP contribution is -2.38. The molecule has 0 aromatic rings. The van der Waals surface area contributed by atoms with Crippen LogP contribution < -0.4 is 11.1 Å². The van der Waals surface area contributed by atoms with Crippen molar-refractivity contribution >= 4 is 5.91 Å². The molecule has 0 heterocycles. The van der Waals surface area contributed by atoms with Gasteiger partial charge in [0.25, 0.3) is 0 Å². The maximum absolute atomic E-state index is 12.0. The van der Waals surface area contributed by atoms with Crippen LogP contribution in [0.2, 0.25) is 0 Å². The lowest BCUT2D eigenvalue weighted by atomic mass is 9.76. The summed E-state index contributed by atoms with van der Waals surface area (Å²) in [7, 11) is 0. The summed E-state index contributed by atoms with van der Waals surface area (Å²) in [6.45, 7) is 11.4. The maximum Gasteiger partial charge on any atom is 0.220 e. The van der Waals surface area contributed by atoms with E-state index in [0.29, 0.717) is 24.8 Å². The van der Waals surface area contributed by atoms with Gasteiger partial charge in [0.15, 0.2) is 0 Å². The molecule has 0 spiro atoms. The number of hydrogen-bond acceptors (Lipinski definition) is 3. The second-order valence-corrected chi connectivity index (χ2v) is 7.26. The number of rotatable bonds is 9. The fourth-order valence-corrected chi connectivity index (χ4v) is 2.56. The standard InChI is InChI=1S/C16H34N2O2/c1-12(2)10-14(11-19)18-15(20)7-6-13(8-9-17)16(3,4)5/h12-14,19H,6-11,17H2,1-5H3,(H,18,20). The summed E-state index contributed by atoms with van der Waals surface area (Å²) in [5.74, 6) is 0.957. The molecule has 0 bridgehead atoms. The number of aliphatic hydroxyl groups excluding tert-OH is 1. The molecule has 0 aliphatic heterocycles. The van der Waals surface area contributed by atoms with Gasteiger partial charge < -0.3 is 16.2 Å². The third-order valence-corrected chi connectivity index (χ3v) is 3.80. The van der Waals surface area contributed by atoms with Crippen molar-refractivity contribution in [1.82, 2.24) is 5.32 Å². The SMILES string of the molecule is CC(C)CC(CO)NC(=O)CCC(CCN)C(C)(C)C. The first-order valence-electron chi connectivity index (χ1n) is 7.81. The number of nitrogens with one attached hydrogen (secondary N) is 1. The van der Waals surface area contributed by atoms with Gasteiger partial charge in [-0.3, -0.25) is 4.79 Å². The average Bonchev–Trinajstić information content (AvgIpc) is 2.31. The van der Waals surface area contributed by atoms with Crippen LogP contribution in [0.15, 0.2) is 0 Å². The highest BCUT2D eigenvalue weighted by Gasteiger charge is 2.24. The van der Waals surface area contributed by atoms with Gasteiger partial charge in [-0.15, -0.1) is 0 Å². The van der Waals surface area contributed by atoms with Gasteiger partial charge in [0, 0.05) is 6.42 Å². The van der Waals surface area contributed by atoms with Crippen LogP contribution in [0.4, 0.5) is 0 Å². The summed E-state index contributed by atoms with van der Waals surface area (Å²) in [6.07, 6.45) is 3.13. The number of carbonyl (C=O) groups is 1. The zero-order chi connectivity index (χ0) is 15.8. The fourth-order valence-electron chi connectivity index (χ4n) is 2.56. The summed E-state index contributed by atoms with van der Waals surface area (Å²) in [6, 6.07) is -0.120. The van der Waals surface area contributed by atoms with Crippen LogP contribution in [0.1, 0.15) is 60.3 Å². The summed E-state index contributed by atoms with van der Waals surface area (Å²) < 4.78 is 0. The van der Waals surface area contributed by atoms with Gasteiger partial charge in [0.05, 0.1) is 12.6 Å². The van der Waals surface area contributed by atoms with E-state index in [2.05, 4.69) is 39.9 Å². The highest BCUT2D eigenvalue weighted by atomic mass is 16.3. The number of hydrogen-bond donors (Lipinski definition) is 3. The Morgan fingerprint density at radius 3 is 2.25 bits per heavy atom. The van der Waals surface area contributed by atoms with Crippen LogP contribution in [-0.2, 0) is 4.79 Å². The second-order valence-electron chi connectivity index (χ2n) is 7.26. The van der Waals surface area contributed by atoms with Crippen molar-refractivity contribution in [3.63, 3.8) is 0 Å². The Morgan fingerprint density at radius 1 is 1.25 bits per heavy atom. The first-order valence-corrected chi connectivity index (χ1v) is 7.81. The van der Waals surface area contributed by atoms with Crippen molar-refractivity contribution in [3.05, 3.63) is 0 Å². The molecule has 0 aromatic heterocycles. The quantitative estimate of drug-likeness (QED) is 0.609. The fraction of sp³-hybridized carbons (Fsp3) is 0.938. The Kier molecular flexibility index (Phi) is 9.06. The van der Waals surface area contributed by atoms with Crippen molar-refractivity contribution in [3.8, 4) is 0 Å². The van der Waals surface area contributed by atoms with Gasteiger partial charge >= 0.3 is 0 Å². The molecule has 0 radical (unpaired) electrons. The van der Waals surface area contributed by atoms with Crippen molar-refractivity contribution < 1.29 is 9.90 Å². The van der Waals surface area contributed by atoms with Crippen LogP contribution >= 0.6 is 0 Å². The normalized spacial score (nSPS) is 15.2. The summed E-state index contributed by atoms with van der Waals surface area (Å²) in [5, 5.41) is 12.2. The van der Waals surface area contributed by atoms with Gasteiger partial charge in [0.1, 0.15) is 0 Å². The van der Waals surface area contributed by atoms with Crippen molar-refractivity contribution in [2.45, 2.75) is 66.3 Å². The molecule has 0 aliphatic carbocycles. The first-order chi connectivity index (χ1) is 9.20. The lowest BCUT2D eigenvalue weighted by molar-refractivity contribution is -0.122. The molecular formula is C16H34N2O2. The van der Waals surface area contributed by atoms with Gasteiger partial charge in [-0.1, -0.05) is 34.6 Å². The molecule has 0 saturated carbocycles. The molecule has 4 N–H and O–H groups in total. The van der Waals surface area contributed by atoms with E-state index in [-0.39, 0.29) is 24.0 Å². The molecule has 2 unspecified atom stereocenters. The van der Waals surface area contributed by atoms with Crippen LogP contribution in [0.25, 0.3) is 0 Å². The monoisotopic (exact) mass is 286 g/mol. The molecule has 4 nitrogen and oxygen atoms in total. The molecule has 2 atom stereocenters. The van der Waals surface area contributed by atoms with Crippen LogP contribution in [0, 0.1) is 17.3 Å². The minimum Gasteiger partial charge on any atom is -0.394 e. The summed E-state index contributed by atoms with van der Waals surface area (Å²) >= 11 is 0. The molecule has 0 saturated heterocycles. The topological polar surface area (TPSA) is 75.3 Å². The highest BCUT2D eigenvalue weighted by Crippen LogP contribution is 2.32. The van der Waals surface area contributed by atoms with Crippen molar-refractivity contribution in [2.75, 3.05) is 13.2 Å². The molecule has 0 fully saturated rings. The van der Waals surface area contributed by atoms with Crippen LogP contribution in [-0.4, -0.2) is 30.2 Å². The Morgan fingerprint density at radius 2 is 1.85 bits per heavy atom. The number of aliphatic hydroxyl groups is 1. The van der Waals surface area contributed by atoms with Crippen molar-refractivity contribution in [1.29, 1.82) is 0 Å². The predicted molar refractivity (Wildman–Crippen MR) is 84.3 cm³/mol. The highest BCUT2D eigenvalue weighted by molar-refractivity contribution is 5.76. The van der Waals surface area contributed by atoms with Gasteiger partial charge in [0.2, 0.25) is 5.91 Å². The number of amides is 1. The van der Waals surface area contributed by atoms with E-state index in [0.717, 1.165) is 19.3 Å². The zero-order valence-electron chi connectivity index (χ0n) is 13.9. The van der Waals surface area contributed by atoms with E-state index >= 15 is 0 Å². The van der Waals surface area contributed by atoms with Gasteiger partial charge in [-0.2, -0.15) is 0 Å². The molecule has 0 rings (SSSR count). The molecular weight excluding hydrogens is 252 g/mol. The van der Waals surface area contributed by atoms with Gasteiger partial charge in [-0.05, 0) is 43.1 Å². The second kappa shape index (κ2) is 9.35. The molecule has 1 amide bonds. The molecule has 20 heavy (non-hydrogen) atoms. The largest absolute Gasteiger partial charge is 0.394 e. The van der Waals surface area contributed by atoms with Crippen molar-refractivity contribution in [2.24, 2.45) is 23.0 Å². The minimum absolute atomic E-state index is 0.00934.